The summed E-state index contributed by atoms with van der Waals surface area (Å²) in [7, 11) is 0. The number of nitrogens with zero attached hydrogens (tertiary/aromatic N) is 3. The molecular formula is C12H22N4O4. The molecule has 0 spiro atoms. The lowest BCUT2D eigenvalue weighted by Crippen LogP contribution is -2.37. The number of carboxylic acid groups (broad SMARTS) is 1. The number of carbonyl (C=O) groups is 2. The Labute approximate surface area is 118 Å². The molecule has 0 fully saturated rings. The van der Waals surface area contributed by atoms with Crippen LogP contribution in [0.4, 0.5) is 4.79 Å². The van der Waals surface area contributed by atoms with Gasteiger partial charge < -0.3 is 15.2 Å². The third-order valence-electron chi connectivity index (χ3n) is 2.36. The Bertz CT molecular complexity index is 372. The minimum Gasteiger partial charge on any atom is -0.481 e. The Morgan fingerprint density at radius 1 is 1.40 bits per heavy atom. The number of unbranched alkanes of at least 4 members (excludes halogenated alkanes) is 1. The summed E-state index contributed by atoms with van der Waals surface area (Å²) in [5, 5.41) is 14.9. The van der Waals surface area contributed by atoms with Gasteiger partial charge in [0, 0.05) is 18.0 Å². The van der Waals surface area contributed by atoms with E-state index in [-0.39, 0.29) is 6.54 Å². The van der Waals surface area contributed by atoms with Crippen LogP contribution in [0.3, 0.4) is 0 Å². The maximum absolute atomic E-state index is 11.4. The van der Waals surface area contributed by atoms with E-state index in [1.54, 1.807) is 20.8 Å². The maximum atomic E-state index is 11.4. The van der Waals surface area contributed by atoms with Gasteiger partial charge in [-0.3, -0.25) is 4.79 Å². The third kappa shape index (κ3) is 10.0. The fourth-order valence-electron chi connectivity index (χ4n) is 1.45. The van der Waals surface area contributed by atoms with Gasteiger partial charge in [-0.25, -0.2) is 4.79 Å². The highest BCUT2D eigenvalue weighted by Gasteiger charge is 2.20. The van der Waals surface area contributed by atoms with Crippen LogP contribution in [0.15, 0.2) is 5.11 Å². The van der Waals surface area contributed by atoms with Gasteiger partial charge in [-0.15, -0.1) is 0 Å². The van der Waals surface area contributed by atoms with E-state index in [0.717, 1.165) is 0 Å². The third-order valence-corrected chi connectivity index (χ3v) is 2.36. The van der Waals surface area contributed by atoms with Gasteiger partial charge in [0.05, 0.1) is 5.92 Å². The summed E-state index contributed by atoms with van der Waals surface area (Å²) in [6, 6.07) is 0. The van der Waals surface area contributed by atoms with E-state index in [2.05, 4.69) is 15.3 Å². The minimum atomic E-state index is -0.968. The van der Waals surface area contributed by atoms with Crippen LogP contribution in [0.1, 0.15) is 40.0 Å². The Morgan fingerprint density at radius 3 is 2.55 bits per heavy atom. The van der Waals surface area contributed by atoms with E-state index in [9.17, 15) is 9.59 Å². The number of ether oxygens (including phenoxy) is 1. The average molecular weight is 286 g/mol. The first-order chi connectivity index (χ1) is 9.26. The first-order valence-corrected chi connectivity index (χ1v) is 6.47. The maximum Gasteiger partial charge on any atom is 0.407 e. The monoisotopic (exact) mass is 286 g/mol. The number of amides is 1. The van der Waals surface area contributed by atoms with Gasteiger partial charge in [0.2, 0.25) is 0 Å². The number of hydrogen-bond donors (Lipinski definition) is 2. The predicted octanol–water partition coefficient (Wildman–Crippen LogP) is 2.69. The number of carbonyl (C=O) groups excluding carboxylic acids is 1. The van der Waals surface area contributed by atoms with E-state index >= 15 is 0 Å². The Hall–Kier alpha value is -1.95. The molecule has 0 aromatic heterocycles. The number of alkyl carbamates (subject to hydrolysis) is 1. The fourth-order valence-corrected chi connectivity index (χ4v) is 1.45. The molecule has 8 heteroatoms. The lowest BCUT2D eigenvalue weighted by Gasteiger charge is -2.20. The van der Waals surface area contributed by atoms with Crippen molar-refractivity contribution in [2.45, 2.75) is 45.6 Å². The van der Waals surface area contributed by atoms with Crippen molar-refractivity contribution in [3.05, 3.63) is 10.4 Å². The number of aliphatic carboxylic acids is 1. The second-order valence-corrected chi connectivity index (χ2v) is 5.37. The van der Waals surface area contributed by atoms with Gasteiger partial charge in [0.25, 0.3) is 0 Å². The van der Waals surface area contributed by atoms with Gasteiger partial charge in [0.15, 0.2) is 0 Å². The summed E-state index contributed by atoms with van der Waals surface area (Å²) in [5.41, 5.74) is 7.49. The number of hydrogen-bond acceptors (Lipinski definition) is 4. The standard InChI is InChI=1S/C12H22N4O4/c1-12(2,3)20-11(19)14-8-9(10(17)18)6-4-5-7-15-16-13/h9H,4-8H2,1-3H3,(H,14,19)(H,17,18)/t9-/m1/s1. The Kier molecular flexibility index (Phi) is 8.15. The molecule has 2 N–H and O–H groups in total. The number of nitrogens with one attached hydrogen (secondary N) is 1. The molecule has 0 aliphatic rings. The summed E-state index contributed by atoms with van der Waals surface area (Å²) in [6.07, 6.45) is 1.02. The molecule has 114 valence electrons. The lowest BCUT2D eigenvalue weighted by atomic mass is 10.0. The summed E-state index contributed by atoms with van der Waals surface area (Å²) in [5.74, 6) is -1.64. The molecule has 0 rings (SSSR count). The summed E-state index contributed by atoms with van der Waals surface area (Å²) >= 11 is 0. The molecule has 0 radical (unpaired) electrons. The van der Waals surface area contributed by atoms with Crippen molar-refractivity contribution in [3.8, 4) is 0 Å². The molecule has 0 unspecified atom stereocenters. The highest BCUT2D eigenvalue weighted by atomic mass is 16.6. The molecule has 0 bridgehead atoms. The molecule has 0 aliphatic heterocycles. The highest BCUT2D eigenvalue weighted by molar-refractivity contribution is 5.72. The SMILES string of the molecule is CC(C)(C)OC(=O)NC[C@@H](CCCCN=[N+]=[N-])C(=O)O. The van der Waals surface area contributed by atoms with Gasteiger partial charge in [-0.2, -0.15) is 0 Å². The summed E-state index contributed by atoms with van der Waals surface area (Å²) < 4.78 is 5.03. The second kappa shape index (κ2) is 9.03. The molecule has 0 aromatic carbocycles. The largest absolute Gasteiger partial charge is 0.481 e. The van der Waals surface area contributed by atoms with Crippen LogP contribution in [-0.2, 0) is 9.53 Å². The normalized spacial score (nSPS) is 12.2. The second-order valence-electron chi connectivity index (χ2n) is 5.37. The van der Waals surface area contributed by atoms with Crippen LogP contribution in [-0.4, -0.2) is 35.9 Å². The highest BCUT2D eigenvalue weighted by Crippen LogP contribution is 2.10. The van der Waals surface area contributed by atoms with E-state index in [0.29, 0.717) is 25.8 Å². The zero-order chi connectivity index (χ0) is 15.6. The van der Waals surface area contributed by atoms with Gasteiger partial charge >= 0.3 is 12.1 Å². The molecule has 20 heavy (non-hydrogen) atoms. The Morgan fingerprint density at radius 2 is 2.05 bits per heavy atom. The summed E-state index contributed by atoms with van der Waals surface area (Å²) in [4.78, 5) is 25.1. The first kappa shape index (κ1) is 18.0. The molecule has 1 amide bonds. The zero-order valence-electron chi connectivity index (χ0n) is 12.1. The number of azide groups is 1. The average Bonchev–Trinajstić information content (AvgIpc) is 2.29. The zero-order valence-corrected chi connectivity index (χ0v) is 12.1. The van der Waals surface area contributed by atoms with Gasteiger partial charge in [-0.05, 0) is 39.1 Å². The van der Waals surface area contributed by atoms with Crippen molar-refractivity contribution in [3.63, 3.8) is 0 Å². The molecule has 0 saturated carbocycles. The van der Waals surface area contributed by atoms with Crippen molar-refractivity contribution in [2.24, 2.45) is 11.0 Å². The van der Waals surface area contributed by atoms with Crippen LogP contribution in [0.5, 0.6) is 0 Å². The van der Waals surface area contributed by atoms with Crippen LogP contribution in [0.25, 0.3) is 10.4 Å². The molecule has 1 atom stereocenters. The van der Waals surface area contributed by atoms with Crippen molar-refractivity contribution in [1.82, 2.24) is 5.32 Å². The minimum absolute atomic E-state index is 0.0196. The molecule has 0 aromatic rings. The Balaban J connectivity index is 4.05. The number of carboxylic acids is 1. The van der Waals surface area contributed by atoms with Crippen LogP contribution < -0.4 is 5.32 Å². The first-order valence-electron chi connectivity index (χ1n) is 6.47. The van der Waals surface area contributed by atoms with Crippen molar-refractivity contribution < 1.29 is 19.4 Å². The number of rotatable bonds is 8. The van der Waals surface area contributed by atoms with Gasteiger partial charge in [0.1, 0.15) is 5.60 Å². The van der Waals surface area contributed by atoms with Crippen LogP contribution in [0.2, 0.25) is 0 Å². The van der Waals surface area contributed by atoms with E-state index in [1.165, 1.54) is 0 Å². The van der Waals surface area contributed by atoms with Crippen molar-refractivity contribution in [1.29, 1.82) is 0 Å². The van der Waals surface area contributed by atoms with Crippen molar-refractivity contribution in [2.75, 3.05) is 13.1 Å². The van der Waals surface area contributed by atoms with Crippen LogP contribution >= 0.6 is 0 Å². The fraction of sp³-hybridized carbons (Fsp3) is 0.833. The predicted molar refractivity (Wildman–Crippen MR) is 73.2 cm³/mol. The van der Waals surface area contributed by atoms with Gasteiger partial charge in [-0.1, -0.05) is 11.5 Å². The molecular weight excluding hydrogens is 264 g/mol. The smallest absolute Gasteiger partial charge is 0.407 e. The van der Waals surface area contributed by atoms with E-state index in [4.69, 9.17) is 15.4 Å². The summed E-state index contributed by atoms with van der Waals surface area (Å²) in [6.45, 7) is 5.57. The molecule has 0 heterocycles. The van der Waals surface area contributed by atoms with E-state index < -0.39 is 23.6 Å². The molecule has 0 saturated heterocycles. The quantitative estimate of drug-likeness (QED) is 0.308. The van der Waals surface area contributed by atoms with Crippen molar-refractivity contribution >= 4 is 12.1 Å². The van der Waals surface area contributed by atoms with E-state index in [1.807, 2.05) is 0 Å². The van der Waals surface area contributed by atoms with Crippen LogP contribution in [0, 0.1) is 5.92 Å². The topological polar surface area (TPSA) is 124 Å². The lowest BCUT2D eigenvalue weighted by molar-refractivity contribution is -0.141. The molecule has 8 nitrogen and oxygen atoms in total. The molecule has 0 aliphatic carbocycles.